The molecular weight excluding hydrogens is 230 g/mol. The molecule has 1 saturated heterocycles. The first-order chi connectivity index (χ1) is 6.13. The third kappa shape index (κ3) is 3.41. The molecule has 0 aromatic heterocycles. The van der Waals surface area contributed by atoms with Crippen LogP contribution in [0.5, 0.6) is 0 Å². The number of morpholine rings is 1. The second-order valence-electron chi connectivity index (χ2n) is 3.65. The van der Waals surface area contributed by atoms with Crippen LogP contribution in [0.3, 0.4) is 0 Å². The van der Waals surface area contributed by atoms with Crippen LogP contribution in [0.25, 0.3) is 0 Å². The molecule has 0 bridgehead atoms. The summed E-state index contributed by atoms with van der Waals surface area (Å²) in [6.45, 7) is 11.0. The summed E-state index contributed by atoms with van der Waals surface area (Å²) in [5.74, 6) is 0. The Hall–Kier alpha value is 0.140. The zero-order valence-corrected chi connectivity index (χ0v) is 10.0. The van der Waals surface area contributed by atoms with E-state index in [1.165, 1.54) is 0 Å². The van der Waals surface area contributed by atoms with E-state index in [-0.39, 0.29) is 0 Å². The summed E-state index contributed by atoms with van der Waals surface area (Å²) in [5.41, 5.74) is 0. The van der Waals surface area contributed by atoms with Gasteiger partial charge in [0.05, 0.1) is 12.7 Å². The summed E-state index contributed by atoms with van der Waals surface area (Å²) in [7, 11) is 0. The molecule has 0 aromatic carbocycles. The molecule has 1 aliphatic rings. The molecule has 0 aliphatic carbocycles. The van der Waals surface area contributed by atoms with Crippen LogP contribution in [0.2, 0.25) is 0 Å². The van der Waals surface area contributed by atoms with Gasteiger partial charge in [-0.1, -0.05) is 29.4 Å². The lowest BCUT2D eigenvalue weighted by atomic mass is 10.1. The van der Waals surface area contributed by atoms with Gasteiger partial charge in [-0.2, -0.15) is 0 Å². The monoisotopic (exact) mass is 247 g/mol. The van der Waals surface area contributed by atoms with Crippen LogP contribution in [0.1, 0.15) is 20.3 Å². The molecular formula is C10H18BrNO. The van der Waals surface area contributed by atoms with Gasteiger partial charge in [0.2, 0.25) is 0 Å². The molecule has 3 heteroatoms. The number of halogens is 1. The summed E-state index contributed by atoms with van der Waals surface area (Å²) in [4.78, 5) is 2.44. The van der Waals surface area contributed by atoms with E-state index in [0.29, 0.717) is 12.1 Å². The van der Waals surface area contributed by atoms with Crippen molar-refractivity contribution in [2.24, 2.45) is 0 Å². The molecule has 2 unspecified atom stereocenters. The van der Waals surface area contributed by atoms with E-state index in [4.69, 9.17) is 4.74 Å². The largest absolute Gasteiger partial charge is 0.376 e. The quantitative estimate of drug-likeness (QED) is 0.760. The minimum Gasteiger partial charge on any atom is -0.376 e. The first-order valence-corrected chi connectivity index (χ1v) is 5.61. The minimum absolute atomic E-state index is 0.356. The maximum absolute atomic E-state index is 5.61. The summed E-state index contributed by atoms with van der Waals surface area (Å²) >= 11 is 3.41. The van der Waals surface area contributed by atoms with Crippen molar-refractivity contribution < 1.29 is 4.74 Å². The van der Waals surface area contributed by atoms with Crippen molar-refractivity contribution >= 4 is 15.9 Å². The maximum Gasteiger partial charge on any atom is 0.0674 e. The Morgan fingerprint density at radius 1 is 1.69 bits per heavy atom. The van der Waals surface area contributed by atoms with Crippen molar-refractivity contribution in [2.45, 2.75) is 32.4 Å². The minimum atomic E-state index is 0.356. The first kappa shape index (κ1) is 11.2. The Morgan fingerprint density at radius 2 is 2.38 bits per heavy atom. The summed E-state index contributed by atoms with van der Waals surface area (Å²) < 4.78 is 6.66. The van der Waals surface area contributed by atoms with E-state index in [1.54, 1.807) is 0 Å². The van der Waals surface area contributed by atoms with Gasteiger partial charge in [0.1, 0.15) is 0 Å². The molecule has 1 heterocycles. The van der Waals surface area contributed by atoms with Crippen LogP contribution in [-0.2, 0) is 4.74 Å². The molecule has 0 aromatic rings. The Labute approximate surface area is 89.1 Å². The lowest BCUT2D eigenvalue weighted by Gasteiger charge is -2.38. The highest BCUT2D eigenvalue weighted by Gasteiger charge is 2.25. The molecule has 0 N–H and O–H groups in total. The lowest BCUT2D eigenvalue weighted by molar-refractivity contribution is -0.0514. The van der Waals surface area contributed by atoms with Gasteiger partial charge >= 0.3 is 0 Å². The zero-order valence-electron chi connectivity index (χ0n) is 8.42. The molecule has 0 radical (unpaired) electrons. The van der Waals surface area contributed by atoms with E-state index < -0.39 is 0 Å². The molecule has 2 nitrogen and oxygen atoms in total. The van der Waals surface area contributed by atoms with Crippen molar-refractivity contribution in [3.05, 3.63) is 11.1 Å². The molecule has 1 fully saturated rings. The van der Waals surface area contributed by atoms with Crippen LogP contribution < -0.4 is 0 Å². The summed E-state index contributed by atoms with van der Waals surface area (Å²) in [6.07, 6.45) is 1.50. The molecule has 76 valence electrons. The predicted octanol–water partition coefficient (Wildman–Crippen LogP) is 2.39. The molecule has 0 saturated carbocycles. The standard InChI is InChI=1S/C10H18BrNO/c1-4-10-7-13-9(3)6-12(10)5-8(2)11/h9-10H,2,4-7H2,1,3H3. The van der Waals surface area contributed by atoms with Gasteiger partial charge < -0.3 is 4.74 Å². The number of rotatable bonds is 3. The SMILES string of the molecule is C=C(Br)CN1CC(C)OCC1CC. The molecule has 1 aliphatic heterocycles. The van der Waals surface area contributed by atoms with Crippen molar-refractivity contribution in [2.75, 3.05) is 19.7 Å². The van der Waals surface area contributed by atoms with E-state index in [9.17, 15) is 0 Å². The second-order valence-corrected chi connectivity index (χ2v) is 4.77. The van der Waals surface area contributed by atoms with Gasteiger partial charge in [-0.15, -0.1) is 0 Å². The second kappa shape index (κ2) is 5.13. The third-order valence-electron chi connectivity index (χ3n) is 2.43. The van der Waals surface area contributed by atoms with Crippen molar-refractivity contribution in [3.8, 4) is 0 Å². The van der Waals surface area contributed by atoms with Gasteiger partial charge in [0.15, 0.2) is 0 Å². The van der Waals surface area contributed by atoms with E-state index in [0.717, 1.165) is 30.6 Å². The van der Waals surface area contributed by atoms with Crippen LogP contribution in [0.15, 0.2) is 11.1 Å². The van der Waals surface area contributed by atoms with Crippen LogP contribution in [0, 0.1) is 0 Å². The molecule has 1 rings (SSSR count). The number of hydrogen-bond donors (Lipinski definition) is 0. The van der Waals surface area contributed by atoms with Gasteiger partial charge in [-0.25, -0.2) is 0 Å². The van der Waals surface area contributed by atoms with Gasteiger partial charge in [-0.05, 0) is 13.3 Å². The maximum atomic E-state index is 5.61. The van der Waals surface area contributed by atoms with Gasteiger partial charge in [-0.3, -0.25) is 4.90 Å². The Bertz CT molecular complexity index is 184. The smallest absolute Gasteiger partial charge is 0.0674 e. The van der Waals surface area contributed by atoms with E-state index >= 15 is 0 Å². The fourth-order valence-electron chi connectivity index (χ4n) is 1.70. The van der Waals surface area contributed by atoms with E-state index in [1.807, 2.05) is 0 Å². The van der Waals surface area contributed by atoms with Crippen molar-refractivity contribution in [3.63, 3.8) is 0 Å². The van der Waals surface area contributed by atoms with Crippen LogP contribution in [0.4, 0.5) is 0 Å². The number of nitrogens with zero attached hydrogens (tertiary/aromatic N) is 1. The normalized spacial score (nSPS) is 30.4. The third-order valence-corrected chi connectivity index (χ3v) is 2.68. The van der Waals surface area contributed by atoms with E-state index in [2.05, 4.69) is 41.3 Å². The first-order valence-electron chi connectivity index (χ1n) is 4.82. The highest BCUT2D eigenvalue weighted by atomic mass is 79.9. The highest BCUT2D eigenvalue weighted by Crippen LogP contribution is 2.17. The fourth-order valence-corrected chi connectivity index (χ4v) is 2.02. The fraction of sp³-hybridized carbons (Fsp3) is 0.800. The molecule has 2 atom stereocenters. The Morgan fingerprint density at radius 3 is 2.92 bits per heavy atom. The average molecular weight is 248 g/mol. The Kier molecular flexibility index (Phi) is 4.42. The zero-order chi connectivity index (χ0) is 9.84. The highest BCUT2D eigenvalue weighted by molar-refractivity contribution is 9.11. The topological polar surface area (TPSA) is 12.5 Å². The van der Waals surface area contributed by atoms with Gasteiger partial charge in [0.25, 0.3) is 0 Å². The molecule has 0 spiro atoms. The van der Waals surface area contributed by atoms with Gasteiger partial charge in [0, 0.05) is 23.6 Å². The van der Waals surface area contributed by atoms with Crippen molar-refractivity contribution in [1.29, 1.82) is 0 Å². The number of ether oxygens (including phenoxy) is 1. The van der Waals surface area contributed by atoms with Crippen molar-refractivity contribution in [1.82, 2.24) is 4.90 Å². The van der Waals surface area contributed by atoms with Crippen LogP contribution in [-0.4, -0.2) is 36.7 Å². The van der Waals surface area contributed by atoms with Crippen LogP contribution >= 0.6 is 15.9 Å². The molecule has 0 amide bonds. The summed E-state index contributed by atoms with van der Waals surface area (Å²) in [5, 5.41) is 0. The number of hydrogen-bond acceptors (Lipinski definition) is 2. The predicted molar refractivity (Wildman–Crippen MR) is 59.1 cm³/mol. The lowest BCUT2D eigenvalue weighted by Crippen LogP contribution is -2.48. The average Bonchev–Trinajstić information content (AvgIpc) is 2.03. The summed E-state index contributed by atoms with van der Waals surface area (Å²) in [6, 6.07) is 0.561. The Balaban J connectivity index is 2.49. The molecule has 13 heavy (non-hydrogen) atoms.